The first kappa shape index (κ1) is 19.8. The smallest absolute Gasteiger partial charge is 0.237 e. The molecule has 1 amide bonds. The maximum absolute atomic E-state index is 12.4. The molecule has 0 radical (unpaired) electrons. The predicted octanol–water partition coefficient (Wildman–Crippen LogP) is 5.04. The molecule has 1 heterocycles. The Hall–Kier alpha value is -1.52. The zero-order chi connectivity index (χ0) is 18.7. The Bertz CT molecular complexity index is 883. The summed E-state index contributed by atoms with van der Waals surface area (Å²) in [5, 5.41) is 12.8. The molecule has 0 aliphatic carbocycles. The summed E-state index contributed by atoms with van der Waals surface area (Å²) < 4.78 is 0. The standard InChI is InChI=1S/C16H13Cl3N4OS/c1-7-10(6-20)16(22-9(3)21-7)25-8(2)15(24)23-14-5-12(18)11(17)4-13(14)19/h4-5,8H,1-3H3,(H,23,24). The van der Waals surface area contributed by atoms with Crippen LogP contribution in [0.2, 0.25) is 15.1 Å². The van der Waals surface area contributed by atoms with Gasteiger partial charge in [-0.3, -0.25) is 4.79 Å². The number of halogens is 3. The van der Waals surface area contributed by atoms with Crippen molar-refractivity contribution in [2.75, 3.05) is 5.32 Å². The lowest BCUT2D eigenvalue weighted by molar-refractivity contribution is -0.115. The van der Waals surface area contributed by atoms with Gasteiger partial charge in [0.05, 0.1) is 31.7 Å². The Morgan fingerprint density at radius 2 is 1.84 bits per heavy atom. The number of amides is 1. The van der Waals surface area contributed by atoms with Crippen LogP contribution in [0, 0.1) is 25.2 Å². The van der Waals surface area contributed by atoms with Gasteiger partial charge in [-0.25, -0.2) is 9.97 Å². The van der Waals surface area contributed by atoms with Gasteiger partial charge in [-0.15, -0.1) is 0 Å². The van der Waals surface area contributed by atoms with E-state index >= 15 is 0 Å². The average Bonchev–Trinajstić information content (AvgIpc) is 2.52. The number of nitrogens with zero attached hydrogens (tertiary/aromatic N) is 3. The van der Waals surface area contributed by atoms with Crippen LogP contribution in [-0.4, -0.2) is 21.1 Å². The number of aromatic nitrogens is 2. The number of anilines is 1. The molecule has 25 heavy (non-hydrogen) atoms. The maximum atomic E-state index is 12.4. The summed E-state index contributed by atoms with van der Waals surface area (Å²) in [4.78, 5) is 20.9. The van der Waals surface area contributed by atoms with Gasteiger partial charge in [-0.2, -0.15) is 5.26 Å². The topological polar surface area (TPSA) is 78.7 Å². The van der Waals surface area contributed by atoms with Crippen LogP contribution >= 0.6 is 46.6 Å². The summed E-state index contributed by atoms with van der Waals surface area (Å²) in [5.41, 5.74) is 1.31. The number of benzene rings is 1. The molecule has 0 fully saturated rings. The van der Waals surface area contributed by atoms with Crippen molar-refractivity contribution in [3.05, 3.63) is 44.3 Å². The van der Waals surface area contributed by atoms with Crippen molar-refractivity contribution < 1.29 is 4.79 Å². The van der Waals surface area contributed by atoms with E-state index in [1.54, 1.807) is 20.8 Å². The van der Waals surface area contributed by atoms with Crippen LogP contribution in [0.3, 0.4) is 0 Å². The minimum Gasteiger partial charge on any atom is -0.324 e. The summed E-state index contributed by atoms with van der Waals surface area (Å²) in [7, 11) is 0. The highest BCUT2D eigenvalue weighted by atomic mass is 35.5. The van der Waals surface area contributed by atoms with Gasteiger partial charge in [0.25, 0.3) is 0 Å². The second-order valence-corrected chi connectivity index (χ2v) is 7.69. The Morgan fingerprint density at radius 3 is 2.48 bits per heavy atom. The summed E-state index contributed by atoms with van der Waals surface area (Å²) in [5.74, 6) is 0.238. The van der Waals surface area contributed by atoms with Crippen molar-refractivity contribution in [2.45, 2.75) is 31.0 Å². The van der Waals surface area contributed by atoms with Crippen LogP contribution in [0.1, 0.15) is 24.0 Å². The first-order chi connectivity index (χ1) is 11.7. The lowest BCUT2D eigenvalue weighted by Gasteiger charge is -2.14. The van der Waals surface area contributed by atoms with Gasteiger partial charge < -0.3 is 5.32 Å². The SMILES string of the molecule is Cc1nc(C)c(C#N)c(SC(C)C(=O)Nc2cc(Cl)c(Cl)cc2Cl)n1. The molecule has 5 nitrogen and oxygen atoms in total. The van der Waals surface area contributed by atoms with E-state index in [2.05, 4.69) is 21.4 Å². The molecule has 0 aliphatic heterocycles. The number of carbonyl (C=O) groups excluding carboxylic acids is 1. The molecule has 2 rings (SSSR count). The van der Waals surface area contributed by atoms with Crippen LogP contribution in [-0.2, 0) is 4.79 Å². The number of aryl methyl sites for hydroxylation is 2. The Labute approximate surface area is 164 Å². The van der Waals surface area contributed by atoms with E-state index < -0.39 is 5.25 Å². The number of rotatable bonds is 4. The zero-order valence-electron chi connectivity index (χ0n) is 13.5. The monoisotopic (exact) mass is 414 g/mol. The molecule has 0 saturated heterocycles. The van der Waals surface area contributed by atoms with E-state index in [0.29, 0.717) is 32.8 Å². The third kappa shape index (κ3) is 4.77. The van der Waals surface area contributed by atoms with Crippen LogP contribution in [0.4, 0.5) is 5.69 Å². The number of hydrogen-bond acceptors (Lipinski definition) is 5. The fraction of sp³-hybridized carbons (Fsp3) is 0.250. The second-order valence-electron chi connectivity index (χ2n) is 5.14. The van der Waals surface area contributed by atoms with Gasteiger partial charge in [-0.05, 0) is 32.9 Å². The molecule has 130 valence electrons. The van der Waals surface area contributed by atoms with Gasteiger partial charge in [0.1, 0.15) is 22.5 Å². The molecule has 1 unspecified atom stereocenters. The number of hydrogen-bond donors (Lipinski definition) is 1. The average molecular weight is 416 g/mol. The first-order valence-corrected chi connectivity index (χ1v) is 9.11. The molecule has 1 aromatic heterocycles. The van der Waals surface area contributed by atoms with Crippen molar-refractivity contribution in [3.8, 4) is 6.07 Å². The molecule has 0 aliphatic rings. The molecule has 0 saturated carbocycles. The lowest BCUT2D eigenvalue weighted by Crippen LogP contribution is -2.23. The third-order valence-electron chi connectivity index (χ3n) is 3.21. The minimum absolute atomic E-state index is 0.284. The maximum Gasteiger partial charge on any atom is 0.237 e. The molecule has 0 spiro atoms. The van der Waals surface area contributed by atoms with Crippen LogP contribution in [0.5, 0.6) is 0 Å². The predicted molar refractivity (Wildman–Crippen MR) is 102 cm³/mol. The number of nitriles is 1. The van der Waals surface area contributed by atoms with Crippen molar-refractivity contribution in [2.24, 2.45) is 0 Å². The molecular weight excluding hydrogens is 403 g/mol. The molecule has 2 aromatic rings. The molecule has 9 heteroatoms. The van der Waals surface area contributed by atoms with E-state index in [1.165, 1.54) is 23.9 Å². The summed E-state index contributed by atoms with van der Waals surface area (Å²) in [6.07, 6.45) is 0. The van der Waals surface area contributed by atoms with Crippen LogP contribution < -0.4 is 5.32 Å². The normalized spacial score (nSPS) is 11.7. The lowest BCUT2D eigenvalue weighted by atomic mass is 10.3. The fourth-order valence-corrected chi connectivity index (χ4v) is 3.56. The van der Waals surface area contributed by atoms with Gasteiger partial charge in [-0.1, -0.05) is 46.6 Å². The van der Waals surface area contributed by atoms with Gasteiger partial charge in [0.2, 0.25) is 5.91 Å². The first-order valence-electron chi connectivity index (χ1n) is 7.10. The van der Waals surface area contributed by atoms with Crippen molar-refractivity contribution >= 4 is 58.2 Å². The highest BCUT2D eigenvalue weighted by molar-refractivity contribution is 8.00. The zero-order valence-corrected chi connectivity index (χ0v) is 16.6. The summed E-state index contributed by atoms with van der Waals surface area (Å²) in [6, 6.07) is 5.03. The fourth-order valence-electron chi connectivity index (χ4n) is 1.97. The summed E-state index contributed by atoms with van der Waals surface area (Å²) in [6.45, 7) is 5.18. The van der Waals surface area contributed by atoms with Crippen molar-refractivity contribution in [3.63, 3.8) is 0 Å². The molecule has 1 atom stereocenters. The van der Waals surface area contributed by atoms with Crippen LogP contribution in [0.15, 0.2) is 17.2 Å². The largest absolute Gasteiger partial charge is 0.324 e. The van der Waals surface area contributed by atoms with Gasteiger partial charge in [0.15, 0.2) is 0 Å². The van der Waals surface area contributed by atoms with E-state index in [0.717, 1.165) is 0 Å². The van der Waals surface area contributed by atoms with E-state index in [4.69, 9.17) is 34.8 Å². The number of carbonyl (C=O) groups is 1. The van der Waals surface area contributed by atoms with E-state index in [9.17, 15) is 10.1 Å². The Kier molecular flexibility index (Phi) is 6.53. The molecule has 0 bridgehead atoms. The Balaban J connectivity index is 2.20. The van der Waals surface area contributed by atoms with Gasteiger partial charge in [0, 0.05) is 0 Å². The van der Waals surface area contributed by atoms with E-state index in [1.807, 2.05) is 0 Å². The quantitative estimate of drug-likeness (QED) is 0.430. The van der Waals surface area contributed by atoms with Crippen molar-refractivity contribution in [1.29, 1.82) is 5.26 Å². The highest BCUT2D eigenvalue weighted by Gasteiger charge is 2.20. The summed E-state index contributed by atoms with van der Waals surface area (Å²) >= 11 is 19.1. The van der Waals surface area contributed by atoms with Crippen LogP contribution in [0.25, 0.3) is 0 Å². The van der Waals surface area contributed by atoms with E-state index in [-0.39, 0.29) is 16.0 Å². The third-order valence-corrected chi connectivity index (χ3v) is 5.33. The molecule has 1 aromatic carbocycles. The molecule has 1 N–H and O–H groups in total. The molecular formula is C16H13Cl3N4OS. The Morgan fingerprint density at radius 1 is 1.20 bits per heavy atom. The van der Waals surface area contributed by atoms with Crippen molar-refractivity contribution in [1.82, 2.24) is 9.97 Å². The number of thioether (sulfide) groups is 1. The number of nitrogens with one attached hydrogen (secondary N) is 1. The minimum atomic E-state index is -0.522. The highest BCUT2D eigenvalue weighted by Crippen LogP contribution is 2.33. The second kappa shape index (κ2) is 8.24. The van der Waals surface area contributed by atoms with Gasteiger partial charge >= 0.3 is 0 Å².